The first-order valence-corrected chi connectivity index (χ1v) is 6.56. The molecule has 4 atom stereocenters. The maximum atomic E-state index is 9.93. The molecule has 8 nitrogen and oxygen atoms in total. The molecule has 2 aromatic heterocycles. The molecule has 1 saturated heterocycles. The molecule has 2 aromatic rings. The number of fused-ring (bicyclic) bond motifs is 1. The summed E-state index contributed by atoms with van der Waals surface area (Å²) in [5.41, 5.74) is 6.72. The number of imidazole rings is 1. The third-order valence-electron chi connectivity index (χ3n) is 3.13. The molecule has 0 saturated carbocycles. The van der Waals surface area contributed by atoms with Gasteiger partial charge in [0.2, 0.25) is 0 Å². The number of nitrogens with two attached hydrogens (primary N) is 1. The number of nitrogen functional groups attached to an aromatic ring is 1. The summed E-state index contributed by atoms with van der Waals surface area (Å²) >= 11 is 3.37. The summed E-state index contributed by atoms with van der Waals surface area (Å²) in [7, 11) is 0. The van der Waals surface area contributed by atoms with Crippen LogP contribution in [0.5, 0.6) is 0 Å². The van der Waals surface area contributed by atoms with E-state index >= 15 is 0 Å². The van der Waals surface area contributed by atoms with Crippen molar-refractivity contribution >= 4 is 32.9 Å². The van der Waals surface area contributed by atoms with Crippen LogP contribution in [0.15, 0.2) is 12.7 Å². The van der Waals surface area contributed by atoms with Crippen LogP contribution >= 0.6 is 15.9 Å². The molecule has 1 aliphatic rings. The van der Waals surface area contributed by atoms with Crippen molar-refractivity contribution < 1.29 is 14.9 Å². The Hall–Kier alpha value is -1.29. The molecule has 0 unspecified atom stereocenters. The van der Waals surface area contributed by atoms with Gasteiger partial charge in [-0.25, -0.2) is 15.0 Å². The van der Waals surface area contributed by atoms with Gasteiger partial charge < -0.3 is 20.7 Å². The van der Waals surface area contributed by atoms with E-state index in [1.807, 2.05) is 0 Å². The third-order valence-corrected chi connectivity index (χ3v) is 4.13. The van der Waals surface area contributed by atoms with Gasteiger partial charge in [0, 0.05) is 0 Å². The molecule has 0 spiro atoms. The van der Waals surface area contributed by atoms with Crippen molar-refractivity contribution in [3.63, 3.8) is 0 Å². The Bertz CT molecular complexity index is 606. The fourth-order valence-electron chi connectivity index (χ4n) is 2.13. The predicted octanol–water partition coefficient (Wildman–Crippen LogP) is -0.577. The van der Waals surface area contributed by atoms with E-state index in [0.717, 1.165) is 0 Å². The number of rotatable bonds is 2. The molecule has 9 heteroatoms. The van der Waals surface area contributed by atoms with Crippen LogP contribution < -0.4 is 5.73 Å². The second-order valence-electron chi connectivity index (χ2n) is 4.27. The van der Waals surface area contributed by atoms with Crippen LogP contribution in [-0.2, 0) is 4.74 Å². The normalized spacial score (nSPS) is 31.1. The molecule has 3 heterocycles. The highest BCUT2D eigenvalue weighted by Crippen LogP contribution is 2.36. The summed E-state index contributed by atoms with van der Waals surface area (Å²) in [5, 5.41) is 19.1. The number of hydrogen-bond acceptors (Lipinski definition) is 7. The summed E-state index contributed by atoms with van der Waals surface area (Å²) < 4.78 is 7.26. The number of halogens is 1. The molecule has 0 aromatic carbocycles. The summed E-state index contributed by atoms with van der Waals surface area (Å²) in [6, 6.07) is 0. The Kier molecular flexibility index (Phi) is 3.13. The molecule has 0 radical (unpaired) electrons. The third kappa shape index (κ3) is 1.89. The second-order valence-corrected chi connectivity index (χ2v) is 5.32. The lowest BCUT2D eigenvalue weighted by molar-refractivity contribution is -0.0430. The van der Waals surface area contributed by atoms with Gasteiger partial charge in [-0.15, -0.1) is 0 Å². The molecular formula is C10H12BrN5O3. The van der Waals surface area contributed by atoms with Crippen LogP contribution in [0.25, 0.3) is 11.2 Å². The summed E-state index contributed by atoms with van der Waals surface area (Å²) in [6.07, 6.45) is 0.888. The Morgan fingerprint density at radius 3 is 2.89 bits per heavy atom. The molecule has 19 heavy (non-hydrogen) atoms. The number of aliphatic hydroxyl groups is 2. The first-order valence-electron chi connectivity index (χ1n) is 5.65. The molecule has 1 fully saturated rings. The largest absolute Gasteiger partial charge is 0.394 e. The first-order chi connectivity index (χ1) is 9.13. The highest BCUT2D eigenvalue weighted by molar-refractivity contribution is 9.09. The van der Waals surface area contributed by atoms with E-state index in [1.54, 1.807) is 4.57 Å². The molecule has 4 N–H and O–H groups in total. The summed E-state index contributed by atoms with van der Waals surface area (Å²) in [5.74, 6) is 0.284. The zero-order chi connectivity index (χ0) is 13.6. The predicted molar refractivity (Wildman–Crippen MR) is 69.5 cm³/mol. The van der Waals surface area contributed by atoms with Gasteiger partial charge in [-0.1, -0.05) is 15.9 Å². The quantitative estimate of drug-likeness (QED) is 0.630. The average molecular weight is 330 g/mol. The minimum atomic E-state index is -0.813. The molecule has 0 aliphatic carbocycles. The lowest BCUT2D eigenvalue weighted by atomic mass is 10.2. The topological polar surface area (TPSA) is 119 Å². The van der Waals surface area contributed by atoms with Gasteiger partial charge in [0.1, 0.15) is 17.9 Å². The monoisotopic (exact) mass is 329 g/mol. The van der Waals surface area contributed by atoms with Crippen LogP contribution in [-0.4, -0.2) is 53.4 Å². The molecular weight excluding hydrogens is 318 g/mol. The molecule has 1 aliphatic heterocycles. The van der Waals surface area contributed by atoms with Crippen molar-refractivity contribution in [3.05, 3.63) is 12.7 Å². The minimum absolute atomic E-state index is 0.260. The minimum Gasteiger partial charge on any atom is -0.394 e. The van der Waals surface area contributed by atoms with Crippen molar-refractivity contribution in [2.24, 2.45) is 0 Å². The fourth-order valence-corrected chi connectivity index (χ4v) is 2.85. The standard InChI is InChI=1S/C10H12BrN5O3/c11-5-7(18)4(1-17)19-10(5)16-3-15-6-8(12)13-2-14-9(6)16/h2-5,7,10,17-18H,1H2,(H2,12,13,14)/t4-,5-,7-,10-/m1/s1. The highest BCUT2D eigenvalue weighted by Gasteiger charge is 2.43. The van der Waals surface area contributed by atoms with E-state index in [2.05, 4.69) is 30.9 Å². The number of aliphatic hydroxyl groups excluding tert-OH is 2. The first kappa shape index (κ1) is 12.7. The van der Waals surface area contributed by atoms with E-state index in [-0.39, 0.29) is 17.3 Å². The van der Waals surface area contributed by atoms with Gasteiger partial charge in [-0.05, 0) is 0 Å². The SMILES string of the molecule is Nc1ncnc2c1ncn2[C@@H]1O[C@H](CO)[C@@H](O)[C@H]1Br. The maximum Gasteiger partial charge on any atom is 0.167 e. The summed E-state index contributed by atoms with van der Waals surface area (Å²) in [4.78, 5) is 11.7. The van der Waals surface area contributed by atoms with Crippen molar-refractivity contribution in [2.75, 3.05) is 12.3 Å². The lowest BCUT2D eigenvalue weighted by Gasteiger charge is -2.16. The number of ether oxygens (including phenoxy) is 1. The Labute approximate surface area is 116 Å². The smallest absolute Gasteiger partial charge is 0.167 e. The van der Waals surface area contributed by atoms with Gasteiger partial charge in [-0.2, -0.15) is 0 Å². The number of nitrogens with zero attached hydrogens (tertiary/aromatic N) is 4. The number of aromatic nitrogens is 4. The van der Waals surface area contributed by atoms with E-state index in [0.29, 0.717) is 11.2 Å². The van der Waals surface area contributed by atoms with Gasteiger partial charge in [0.15, 0.2) is 17.7 Å². The van der Waals surface area contributed by atoms with Gasteiger partial charge in [-0.3, -0.25) is 4.57 Å². The average Bonchev–Trinajstić information content (AvgIpc) is 2.94. The fraction of sp³-hybridized carbons (Fsp3) is 0.500. The van der Waals surface area contributed by atoms with Crippen LogP contribution in [0.4, 0.5) is 5.82 Å². The van der Waals surface area contributed by atoms with E-state index in [4.69, 9.17) is 15.6 Å². The van der Waals surface area contributed by atoms with Gasteiger partial charge in [0.05, 0.1) is 23.9 Å². The van der Waals surface area contributed by atoms with Crippen molar-refractivity contribution in [2.45, 2.75) is 23.3 Å². The molecule has 3 rings (SSSR count). The van der Waals surface area contributed by atoms with Crippen LogP contribution in [0, 0.1) is 0 Å². The lowest BCUT2D eigenvalue weighted by Crippen LogP contribution is -2.29. The summed E-state index contributed by atoms with van der Waals surface area (Å²) in [6.45, 7) is -0.260. The number of anilines is 1. The number of alkyl halides is 1. The van der Waals surface area contributed by atoms with E-state index < -0.39 is 18.4 Å². The van der Waals surface area contributed by atoms with Crippen molar-refractivity contribution in [1.29, 1.82) is 0 Å². The Morgan fingerprint density at radius 2 is 2.21 bits per heavy atom. The van der Waals surface area contributed by atoms with Gasteiger partial charge >= 0.3 is 0 Å². The van der Waals surface area contributed by atoms with E-state index in [1.165, 1.54) is 12.7 Å². The molecule has 0 amide bonds. The zero-order valence-electron chi connectivity index (χ0n) is 9.72. The second kappa shape index (κ2) is 4.67. The Morgan fingerprint density at radius 1 is 1.42 bits per heavy atom. The van der Waals surface area contributed by atoms with Crippen LogP contribution in [0.3, 0.4) is 0 Å². The van der Waals surface area contributed by atoms with Gasteiger partial charge in [0.25, 0.3) is 0 Å². The molecule has 102 valence electrons. The molecule has 0 bridgehead atoms. The van der Waals surface area contributed by atoms with Crippen molar-refractivity contribution in [1.82, 2.24) is 19.5 Å². The number of hydrogen-bond donors (Lipinski definition) is 3. The Balaban J connectivity index is 2.04. The van der Waals surface area contributed by atoms with Crippen molar-refractivity contribution in [3.8, 4) is 0 Å². The van der Waals surface area contributed by atoms with E-state index in [9.17, 15) is 5.11 Å². The van der Waals surface area contributed by atoms with Crippen LogP contribution in [0.2, 0.25) is 0 Å². The highest BCUT2D eigenvalue weighted by atomic mass is 79.9. The zero-order valence-corrected chi connectivity index (χ0v) is 11.3. The van der Waals surface area contributed by atoms with Crippen LogP contribution in [0.1, 0.15) is 6.23 Å². The maximum absolute atomic E-state index is 9.93.